The largest absolute Gasteiger partial charge is 3.00 e. The van der Waals surface area contributed by atoms with Crippen LogP contribution in [0.2, 0.25) is 0 Å². The SMILES string of the molecule is [Al+3].[OH-].[OH-].[Zn+2]. The molecule has 0 heterocycles. The van der Waals surface area contributed by atoms with Gasteiger partial charge in [0, 0.05) is 0 Å². The summed E-state index contributed by atoms with van der Waals surface area (Å²) in [5, 5.41) is 0. The molecule has 0 amide bonds. The third-order valence-electron chi connectivity index (χ3n) is 0. The van der Waals surface area contributed by atoms with E-state index in [-0.39, 0.29) is 47.8 Å². The van der Waals surface area contributed by atoms with Crippen LogP contribution >= 0.6 is 0 Å². The Balaban J connectivity index is 0. The van der Waals surface area contributed by atoms with E-state index in [0.29, 0.717) is 0 Å². The van der Waals surface area contributed by atoms with Crippen molar-refractivity contribution in [1.82, 2.24) is 0 Å². The average Bonchev–Trinajstić information content (AvgIpc) is 0. The van der Waals surface area contributed by atoms with Crippen LogP contribution in [0.5, 0.6) is 0 Å². The van der Waals surface area contributed by atoms with Crippen molar-refractivity contribution in [3.8, 4) is 0 Å². The predicted octanol–water partition coefficient (Wildman–Crippen LogP) is -0.737. The molecule has 0 radical (unpaired) electrons. The maximum Gasteiger partial charge on any atom is 3.00 e. The van der Waals surface area contributed by atoms with Crippen LogP contribution in [0.15, 0.2) is 0 Å². The van der Waals surface area contributed by atoms with E-state index in [2.05, 4.69) is 0 Å². The van der Waals surface area contributed by atoms with Crippen LogP contribution < -0.4 is 0 Å². The average molecular weight is 126 g/mol. The normalized spacial score (nSPS) is 0. The molecule has 0 aromatic rings. The first-order valence-electron chi connectivity index (χ1n) is 0. The van der Waals surface area contributed by atoms with E-state index in [9.17, 15) is 0 Å². The second kappa shape index (κ2) is 33.3. The van der Waals surface area contributed by atoms with Crippen molar-refractivity contribution in [3.05, 3.63) is 0 Å². The molecule has 0 unspecified atom stereocenters. The zero-order valence-corrected chi connectivity index (χ0v) is 6.30. The van der Waals surface area contributed by atoms with Gasteiger partial charge in [0.05, 0.1) is 0 Å². The fourth-order valence-corrected chi connectivity index (χ4v) is 0. The Morgan fingerprint density at radius 3 is 0.750 bits per heavy atom. The van der Waals surface area contributed by atoms with E-state index in [1.54, 1.807) is 0 Å². The molecule has 0 aromatic heterocycles. The molecule has 2 nitrogen and oxygen atoms in total. The van der Waals surface area contributed by atoms with Gasteiger partial charge in [-0.05, 0) is 0 Å². The molecule has 0 saturated carbocycles. The van der Waals surface area contributed by atoms with Crippen molar-refractivity contribution in [2.75, 3.05) is 0 Å². The van der Waals surface area contributed by atoms with Crippen LogP contribution in [-0.2, 0) is 19.5 Å². The molecule has 0 aromatic carbocycles. The third kappa shape index (κ3) is 11.5. The van der Waals surface area contributed by atoms with Gasteiger partial charge in [0.15, 0.2) is 0 Å². The summed E-state index contributed by atoms with van der Waals surface area (Å²) >= 11 is 0. The molecule has 0 bridgehead atoms. The quantitative estimate of drug-likeness (QED) is 0.402. The molecule has 0 saturated heterocycles. The molecule has 0 aliphatic heterocycles. The first kappa shape index (κ1) is 72.9. The van der Waals surface area contributed by atoms with Gasteiger partial charge in [-0.1, -0.05) is 0 Å². The summed E-state index contributed by atoms with van der Waals surface area (Å²) in [6, 6.07) is 0. The summed E-state index contributed by atoms with van der Waals surface area (Å²) in [7, 11) is 0. The molecule has 0 rings (SSSR count). The Labute approximate surface area is 48.1 Å². The Morgan fingerprint density at radius 1 is 0.750 bits per heavy atom. The van der Waals surface area contributed by atoms with Gasteiger partial charge in [0.25, 0.3) is 0 Å². The van der Waals surface area contributed by atoms with Crippen molar-refractivity contribution in [1.29, 1.82) is 0 Å². The summed E-state index contributed by atoms with van der Waals surface area (Å²) in [6.45, 7) is 0. The van der Waals surface area contributed by atoms with Crippen LogP contribution in [0, 0.1) is 0 Å². The molecule has 4 heteroatoms. The molecule has 0 atom stereocenters. The molecule has 0 aliphatic carbocycles. The molecule has 0 spiro atoms. The van der Waals surface area contributed by atoms with E-state index < -0.39 is 0 Å². The molecule has 0 fully saturated rings. The van der Waals surface area contributed by atoms with E-state index in [1.807, 2.05) is 0 Å². The Morgan fingerprint density at radius 2 is 0.750 bits per heavy atom. The number of rotatable bonds is 0. The van der Waals surface area contributed by atoms with Gasteiger partial charge in [0.2, 0.25) is 0 Å². The first-order chi connectivity index (χ1) is 0. The summed E-state index contributed by atoms with van der Waals surface area (Å²) in [5.74, 6) is 0. The maximum atomic E-state index is 0. The summed E-state index contributed by atoms with van der Waals surface area (Å²) in [6.07, 6.45) is 0. The molecule has 0 aliphatic rings. The Hall–Kier alpha value is 1.08. The minimum atomic E-state index is 0. The first-order valence-corrected chi connectivity index (χ1v) is 0. The number of hydrogen-bond acceptors (Lipinski definition) is 2. The van der Waals surface area contributed by atoms with E-state index in [4.69, 9.17) is 0 Å². The second-order valence-corrected chi connectivity index (χ2v) is 0. The molecule has 2 N–H and O–H groups in total. The van der Waals surface area contributed by atoms with Crippen molar-refractivity contribution in [3.63, 3.8) is 0 Å². The predicted molar refractivity (Wildman–Crippen MR) is 9.63 cm³/mol. The Kier molecular flexibility index (Phi) is 607. The maximum absolute atomic E-state index is 0. The fraction of sp³-hybridized carbons (Fsp3) is 0. The fourth-order valence-electron chi connectivity index (χ4n) is 0. The topological polar surface area (TPSA) is 60.0 Å². The summed E-state index contributed by atoms with van der Waals surface area (Å²) in [5.41, 5.74) is 0. The van der Waals surface area contributed by atoms with E-state index in [1.165, 1.54) is 0 Å². The molecular weight excluding hydrogens is 124 g/mol. The van der Waals surface area contributed by atoms with Crippen LogP contribution in [0.3, 0.4) is 0 Å². The monoisotopic (exact) mass is 125 g/mol. The van der Waals surface area contributed by atoms with Crippen LogP contribution in [-0.4, -0.2) is 28.3 Å². The zero-order valence-electron chi connectivity index (χ0n) is 2.18. The standard InChI is InChI=1S/Al.2H2O.Zn/h;2*1H2;/q+3;;;+2/p-2. The smallest absolute Gasteiger partial charge is 0.870 e. The number of hydrogen-bond donors (Lipinski definition) is 0. The van der Waals surface area contributed by atoms with Gasteiger partial charge < -0.3 is 11.0 Å². The van der Waals surface area contributed by atoms with Crippen LogP contribution in [0.25, 0.3) is 0 Å². The van der Waals surface area contributed by atoms with E-state index in [0.717, 1.165) is 0 Å². The van der Waals surface area contributed by atoms with Crippen molar-refractivity contribution in [2.45, 2.75) is 0 Å². The van der Waals surface area contributed by atoms with Crippen molar-refractivity contribution in [2.24, 2.45) is 0 Å². The zero-order chi connectivity index (χ0) is 0. The van der Waals surface area contributed by atoms with E-state index >= 15 is 0 Å². The van der Waals surface area contributed by atoms with Gasteiger partial charge in [-0.25, -0.2) is 0 Å². The minimum absolute atomic E-state index is 0. The van der Waals surface area contributed by atoms with Crippen molar-refractivity contribution < 1.29 is 30.4 Å². The Bertz CT molecular complexity index is 6.00. The van der Waals surface area contributed by atoms with Crippen LogP contribution in [0.4, 0.5) is 0 Å². The van der Waals surface area contributed by atoms with Gasteiger partial charge in [-0.2, -0.15) is 0 Å². The van der Waals surface area contributed by atoms with Crippen molar-refractivity contribution >= 4 is 17.4 Å². The van der Waals surface area contributed by atoms with Gasteiger partial charge in [-0.15, -0.1) is 0 Å². The third-order valence-corrected chi connectivity index (χ3v) is 0. The second-order valence-electron chi connectivity index (χ2n) is 0. The van der Waals surface area contributed by atoms with Crippen LogP contribution in [0.1, 0.15) is 0 Å². The van der Waals surface area contributed by atoms with Gasteiger partial charge >= 0.3 is 36.8 Å². The van der Waals surface area contributed by atoms with Gasteiger partial charge in [0.1, 0.15) is 0 Å². The summed E-state index contributed by atoms with van der Waals surface area (Å²) in [4.78, 5) is 0. The summed E-state index contributed by atoms with van der Waals surface area (Å²) < 4.78 is 0. The molecule has 16 valence electrons. The molecular formula is H2AlO2Zn+3. The van der Waals surface area contributed by atoms with Gasteiger partial charge in [-0.3, -0.25) is 0 Å². The minimum Gasteiger partial charge on any atom is -0.870 e. The molecule has 4 heavy (non-hydrogen) atoms.